The van der Waals surface area contributed by atoms with Gasteiger partial charge in [0, 0.05) is 19.3 Å². The van der Waals surface area contributed by atoms with Crippen molar-refractivity contribution >= 4 is 21.6 Å². The molecule has 1 heterocycles. The van der Waals surface area contributed by atoms with Crippen molar-refractivity contribution in [3.05, 3.63) is 24.0 Å². The van der Waals surface area contributed by atoms with Crippen molar-refractivity contribution in [1.82, 2.24) is 4.90 Å². The summed E-state index contributed by atoms with van der Waals surface area (Å²) in [6.07, 6.45) is 1.02. The molecule has 0 saturated carbocycles. The van der Waals surface area contributed by atoms with Crippen molar-refractivity contribution in [1.29, 1.82) is 0 Å². The maximum Gasteiger partial charge on any atom is 0.322 e. The third-order valence-electron chi connectivity index (χ3n) is 2.91. The van der Waals surface area contributed by atoms with Gasteiger partial charge in [0.1, 0.15) is 5.82 Å². The van der Waals surface area contributed by atoms with E-state index in [0.29, 0.717) is 26.3 Å². The Hall–Kier alpha value is -1.67. The molecule has 0 bridgehead atoms. The van der Waals surface area contributed by atoms with Gasteiger partial charge in [-0.2, -0.15) is 0 Å². The molecule has 1 aliphatic heterocycles. The fraction of sp³-hybridized carbons (Fsp3) is 0.417. The van der Waals surface area contributed by atoms with E-state index in [1.165, 1.54) is 4.90 Å². The minimum atomic E-state index is -3.45. The standard InChI is InChI=1S/C12H15FN2O4S/c1-20(17,18)9-2-3-10(13)11(8-9)14-12(16)15-4-6-19-7-5-15/h2-3,8H,4-7H2,1H3,(H,14,16). The van der Waals surface area contributed by atoms with Crippen LogP contribution in [0.25, 0.3) is 0 Å². The molecule has 0 aliphatic carbocycles. The Bertz CT molecular complexity index is 612. The minimum Gasteiger partial charge on any atom is -0.378 e. The van der Waals surface area contributed by atoms with Gasteiger partial charge in [0.05, 0.1) is 23.8 Å². The predicted molar refractivity (Wildman–Crippen MR) is 70.9 cm³/mol. The first kappa shape index (κ1) is 14.7. The molecule has 0 unspecified atom stereocenters. The van der Waals surface area contributed by atoms with Crippen LogP contribution in [0.4, 0.5) is 14.9 Å². The van der Waals surface area contributed by atoms with E-state index in [2.05, 4.69) is 5.32 Å². The van der Waals surface area contributed by atoms with E-state index in [0.717, 1.165) is 24.5 Å². The topological polar surface area (TPSA) is 75.7 Å². The van der Waals surface area contributed by atoms with E-state index in [4.69, 9.17) is 4.74 Å². The highest BCUT2D eigenvalue weighted by Crippen LogP contribution is 2.20. The average Bonchev–Trinajstić information content (AvgIpc) is 2.41. The molecule has 1 aromatic carbocycles. The number of nitrogens with one attached hydrogen (secondary N) is 1. The third-order valence-corrected chi connectivity index (χ3v) is 4.02. The molecule has 1 N–H and O–H groups in total. The van der Waals surface area contributed by atoms with Crippen LogP contribution in [-0.4, -0.2) is 51.9 Å². The Morgan fingerprint density at radius 3 is 2.60 bits per heavy atom. The molecule has 1 aromatic rings. The summed E-state index contributed by atoms with van der Waals surface area (Å²) in [6, 6.07) is 2.82. The summed E-state index contributed by atoms with van der Waals surface area (Å²) in [5.74, 6) is -0.681. The maximum atomic E-state index is 13.6. The Kier molecular flexibility index (Phi) is 4.24. The normalized spacial score (nSPS) is 16.0. The monoisotopic (exact) mass is 302 g/mol. The molecule has 0 spiro atoms. The largest absolute Gasteiger partial charge is 0.378 e. The van der Waals surface area contributed by atoms with Crippen molar-refractivity contribution in [2.24, 2.45) is 0 Å². The number of nitrogens with zero attached hydrogens (tertiary/aromatic N) is 1. The Balaban J connectivity index is 2.18. The Morgan fingerprint density at radius 2 is 2.00 bits per heavy atom. The van der Waals surface area contributed by atoms with Gasteiger partial charge in [-0.25, -0.2) is 17.6 Å². The van der Waals surface area contributed by atoms with Crippen LogP contribution < -0.4 is 5.32 Å². The van der Waals surface area contributed by atoms with Gasteiger partial charge >= 0.3 is 6.03 Å². The lowest BCUT2D eigenvalue weighted by molar-refractivity contribution is 0.0564. The van der Waals surface area contributed by atoms with Crippen molar-refractivity contribution in [2.75, 3.05) is 37.9 Å². The van der Waals surface area contributed by atoms with E-state index in [1.54, 1.807) is 0 Å². The number of hydrogen-bond donors (Lipinski definition) is 1. The molecule has 20 heavy (non-hydrogen) atoms. The molecule has 110 valence electrons. The number of halogens is 1. The second-order valence-electron chi connectivity index (χ2n) is 4.44. The molecule has 2 rings (SSSR count). The lowest BCUT2D eigenvalue weighted by Crippen LogP contribution is -2.43. The van der Waals surface area contributed by atoms with E-state index in [1.807, 2.05) is 0 Å². The van der Waals surface area contributed by atoms with E-state index in [9.17, 15) is 17.6 Å². The summed E-state index contributed by atoms with van der Waals surface area (Å²) in [5, 5.41) is 2.38. The highest BCUT2D eigenvalue weighted by Gasteiger charge is 2.19. The summed E-state index contributed by atoms with van der Waals surface area (Å²) >= 11 is 0. The van der Waals surface area contributed by atoms with Crippen LogP contribution in [0.5, 0.6) is 0 Å². The second kappa shape index (κ2) is 5.76. The molecular weight excluding hydrogens is 287 g/mol. The smallest absolute Gasteiger partial charge is 0.322 e. The van der Waals surface area contributed by atoms with E-state index in [-0.39, 0.29) is 10.6 Å². The van der Waals surface area contributed by atoms with Crippen molar-refractivity contribution < 1.29 is 22.3 Å². The second-order valence-corrected chi connectivity index (χ2v) is 6.46. The quantitative estimate of drug-likeness (QED) is 0.830. The molecule has 1 aliphatic rings. The summed E-state index contributed by atoms with van der Waals surface area (Å²) in [6.45, 7) is 1.69. The van der Waals surface area contributed by atoms with Gasteiger partial charge in [-0.15, -0.1) is 0 Å². The van der Waals surface area contributed by atoms with Crippen LogP contribution in [0.1, 0.15) is 0 Å². The lowest BCUT2D eigenvalue weighted by Gasteiger charge is -2.27. The van der Waals surface area contributed by atoms with E-state index >= 15 is 0 Å². The summed E-state index contributed by atoms with van der Waals surface area (Å²) in [5.41, 5.74) is -0.149. The van der Waals surface area contributed by atoms with Crippen LogP contribution in [0.15, 0.2) is 23.1 Å². The summed E-state index contributed by atoms with van der Waals surface area (Å²) in [4.78, 5) is 13.4. The van der Waals surface area contributed by atoms with Gasteiger partial charge in [0.25, 0.3) is 0 Å². The first-order valence-electron chi connectivity index (χ1n) is 6.01. The number of rotatable bonds is 2. The van der Waals surface area contributed by atoms with Crippen LogP contribution in [0.3, 0.4) is 0 Å². The predicted octanol–water partition coefficient (Wildman–Crippen LogP) is 1.09. The molecule has 0 aromatic heterocycles. The molecule has 0 atom stereocenters. The Labute approximate surface area is 116 Å². The molecule has 2 amide bonds. The number of morpholine rings is 1. The molecule has 6 nitrogen and oxygen atoms in total. The number of carbonyl (C=O) groups excluding carboxylic acids is 1. The third kappa shape index (κ3) is 3.45. The van der Waals surface area contributed by atoms with Crippen LogP contribution in [0.2, 0.25) is 0 Å². The zero-order chi connectivity index (χ0) is 14.8. The number of urea groups is 1. The highest BCUT2D eigenvalue weighted by atomic mass is 32.2. The number of anilines is 1. The number of amides is 2. The first-order chi connectivity index (χ1) is 9.38. The molecular formula is C12H15FN2O4S. The van der Waals surface area contributed by atoms with Gasteiger partial charge in [0.2, 0.25) is 0 Å². The number of benzene rings is 1. The SMILES string of the molecule is CS(=O)(=O)c1ccc(F)c(NC(=O)N2CCOCC2)c1. The fourth-order valence-corrected chi connectivity index (χ4v) is 2.44. The number of hydrogen-bond acceptors (Lipinski definition) is 4. The minimum absolute atomic E-state index is 0.0452. The zero-order valence-electron chi connectivity index (χ0n) is 10.9. The van der Waals surface area contributed by atoms with Gasteiger partial charge < -0.3 is 15.0 Å². The van der Waals surface area contributed by atoms with Gasteiger partial charge in [-0.1, -0.05) is 0 Å². The number of ether oxygens (including phenoxy) is 1. The van der Waals surface area contributed by atoms with Crippen molar-refractivity contribution in [2.45, 2.75) is 4.90 Å². The molecule has 1 fully saturated rings. The number of sulfone groups is 1. The van der Waals surface area contributed by atoms with Gasteiger partial charge in [-0.3, -0.25) is 0 Å². The average molecular weight is 302 g/mol. The van der Waals surface area contributed by atoms with E-state index < -0.39 is 21.7 Å². The van der Waals surface area contributed by atoms with Gasteiger partial charge in [0.15, 0.2) is 9.84 Å². The molecule has 8 heteroatoms. The van der Waals surface area contributed by atoms with Crippen LogP contribution in [0, 0.1) is 5.82 Å². The summed E-state index contributed by atoms with van der Waals surface area (Å²) < 4.78 is 41.6. The highest BCUT2D eigenvalue weighted by molar-refractivity contribution is 7.90. The van der Waals surface area contributed by atoms with Crippen LogP contribution in [-0.2, 0) is 14.6 Å². The molecule has 1 saturated heterocycles. The summed E-state index contributed by atoms with van der Waals surface area (Å²) in [7, 11) is -3.45. The van der Waals surface area contributed by atoms with Gasteiger partial charge in [-0.05, 0) is 18.2 Å². The first-order valence-corrected chi connectivity index (χ1v) is 7.90. The maximum absolute atomic E-state index is 13.6. The number of carbonyl (C=O) groups is 1. The lowest BCUT2D eigenvalue weighted by atomic mass is 10.3. The Morgan fingerprint density at radius 1 is 1.35 bits per heavy atom. The zero-order valence-corrected chi connectivity index (χ0v) is 11.7. The fourth-order valence-electron chi connectivity index (χ4n) is 1.79. The van der Waals surface area contributed by atoms with Crippen molar-refractivity contribution in [3.63, 3.8) is 0 Å². The van der Waals surface area contributed by atoms with Crippen LogP contribution >= 0.6 is 0 Å². The molecule has 0 radical (unpaired) electrons. The van der Waals surface area contributed by atoms with Crippen molar-refractivity contribution in [3.8, 4) is 0 Å².